The number of rotatable bonds is 2. The molecule has 0 bridgehead atoms. The maximum absolute atomic E-state index is 15.1. The first kappa shape index (κ1) is 19.2. The summed E-state index contributed by atoms with van der Waals surface area (Å²) in [6, 6.07) is 5.38. The maximum Gasteiger partial charge on any atom is 0.274 e. The summed E-state index contributed by atoms with van der Waals surface area (Å²) in [4.78, 5) is 42.4. The van der Waals surface area contributed by atoms with E-state index in [-0.39, 0.29) is 40.7 Å². The number of amides is 3. The molecule has 31 heavy (non-hydrogen) atoms. The molecule has 1 spiro atoms. The van der Waals surface area contributed by atoms with Crippen molar-refractivity contribution in [3.05, 3.63) is 53.1 Å². The molecule has 3 heterocycles. The molecule has 5 rings (SSSR count). The van der Waals surface area contributed by atoms with Gasteiger partial charge in [-0.25, -0.2) is 13.7 Å². The molecule has 0 aliphatic carbocycles. The number of carbonyl (C=O) groups is 3. The number of imide groups is 1. The molecule has 0 unspecified atom stereocenters. The lowest BCUT2D eigenvalue weighted by atomic mass is 9.90. The van der Waals surface area contributed by atoms with Gasteiger partial charge in [0.05, 0.1) is 29.0 Å². The molecular weight excluding hydrogens is 408 g/mol. The van der Waals surface area contributed by atoms with Crippen LogP contribution in [0.5, 0.6) is 5.75 Å². The van der Waals surface area contributed by atoms with E-state index in [0.717, 1.165) is 18.2 Å². The van der Waals surface area contributed by atoms with Crippen LogP contribution in [0.1, 0.15) is 20.7 Å². The van der Waals surface area contributed by atoms with Gasteiger partial charge in [-0.3, -0.25) is 24.2 Å². The molecular formula is C22H15F2N3O4. The van der Waals surface area contributed by atoms with Crippen molar-refractivity contribution >= 4 is 29.1 Å². The summed E-state index contributed by atoms with van der Waals surface area (Å²) < 4.78 is 34.5. The Kier molecular flexibility index (Phi) is 3.94. The topological polar surface area (TPSA) is 70.2 Å². The van der Waals surface area contributed by atoms with Gasteiger partial charge in [-0.05, 0) is 31.3 Å². The molecule has 0 aromatic heterocycles. The number of likely N-dealkylation sites (N-methyl/N-ethyl adjacent to an activating group) is 1. The SMILES string of the molecule is C#CCN1C(=O)C2(CN(C)C2)Oc2cc(F)c(N3C(=O)c4ccc(F)cc4C3=O)cc21. The third-order valence-electron chi connectivity index (χ3n) is 5.65. The quantitative estimate of drug-likeness (QED) is 0.544. The summed E-state index contributed by atoms with van der Waals surface area (Å²) in [5.74, 6) is -1.12. The molecule has 3 amide bonds. The molecule has 3 aliphatic heterocycles. The minimum atomic E-state index is -1.15. The van der Waals surface area contributed by atoms with Crippen molar-refractivity contribution in [2.24, 2.45) is 0 Å². The van der Waals surface area contributed by atoms with E-state index in [1.165, 1.54) is 17.0 Å². The third-order valence-corrected chi connectivity index (χ3v) is 5.65. The van der Waals surface area contributed by atoms with Gasteiger partial charge < -0.3 is 4.74 Å². The lowest BCUT2D eigenvalue weighted by Gasteiger charge is -2.51. The maximum atomic E-state index is 15.1. The van der Waals surface area contributed by atoms with Crippen LogP contribution in [0.2, 0.25) is 0 Å². The highest BCUT2D eigenvalue weighted by atomic mass is 19.1. The monoisotopic (exact) mass is 423 g/mol. The van der Waals surface area contributed by atoms with Crippen LogP contribution >= 0.6 is 0 Å². The first-order valence-electron chi connectivity index (χ1n) is 9.40. The summed E-state index contributed by atoms with van der Waals surface area (Å²) in [5.41, 5.74) is -1.56. The Morgan fingerprint density at radius 1 is 1.06 bits per heavy atom. The van der Waals surface area contributed by atoms with Gasteiger partial charge in [0.2, 0.25) is 5.60 Å². The second-order valence-electron chi connectivity index (χ2n) is 7.77. The number of carbonyl (C=O) groups excluding carboxylic acids is 3. The number of hydrogen-bond donors (Lipinski definition) is 0. The summed E-state index contributed by atoms with van der Waals surface area (Å²) in [6.45, 7) is 0.540. The van der Waals surface area contributed by atoms with Gasteiger partial charge in [-0.2, -0.15) is 0 Å². The lowest BCUT2D eigenvalue weighted by Crippen LogP contribution is -2.72. The Hall–Kier alpha value is -3.77. The van der Waals surface area contributed by atoms with E-state index in [2.05, 4.69) is 5.92 Å². The van der Waals surface area contributed by atoms with Gasteiger partial charge >= 0.3 is 0 Å². The number of ether oxygens (including phenoxy) is 1. The van der Waals surface area contributed by atoms with Gasteiger partial charge in [0.1, 0.15) is 11.6 Å². The van der Waals surface area contributed by atoms with Crippen LogP contribution in [0.25, 0.3) is 0 Å². The van der Waals surface area contributed by atoms with Crippen molar-refractivity contribution < 1.29 is 27.9 Å². The average Bonchev–Trinajstić information content (AvgIpc) is 2.94. The normalized spacial score (nSPS) is 19.1. The zero-order chi connectivity index (χ0) is 22.1. The molecule has 3 aliphatic rings. The van der Waals surface area contributed by atoms with Crippen LogP contribution in [0.15, 0.2) is 30.3 Å². The molecule has 2 aromatic rings. The molecule has 1 fully saturated rings. The van der Waals surface area contributed by atoms with Gasteiger partial charge in [0, 0.05) is 19.2 Å². The van der Waals surface area contributed by atoms with Crippen LogP contribution in [-0.4, -0.2) is 54.9 Å². The van der Waals surface area contributed by atoms with E-state index >= 15 is 4.39 Å². The molecule has 0 atom stereocenters. The fourth-order valence-electron chi connectivity index (χ4n) is 4.31. The number of benzene rings is 2. The highest BCUT2D eigenvalue weighted by Crippen LogP contribution is 2.45. The largest absolute Gasteiger partial charge is 0.472 e. The van der Waals surface area contributed by atoms with Gasteiger partial charge in [0.15, 0.2) is 5.82 Å². The molecule has 156 valence electrons. The standard InChI is InChI=1S/C22H15F2N3O4/c1-3-6-26-17-9-16(27-19(28)13-5-4-12(23)7-14(13)20(27)29)15(24)8-18(17)31-22(21(26)30)10-25(2)11-22/h1,4-5,7-9H,6,10-11H2,2H3. The van der Waals surface area contributed by atoms with Crippen LogP contribution in [-0.2, 0) is 4.79 Å². The zero-order valence-electron chi connectivity index (χ0n) is 16.3. The Morgan fingerprint density at radius 3 is 2.45 bits per heavy atom. The van der Waals surface area contributed by atoms with E-state index in [1.807, 2.05) is 11.9 Å². The fourth-order valence-corrected chi connectivity index (χ4v) is 4.31. The van der Waals surface area contributed by atoms with Crippen LogP contribution in [0.4, 0.5) is 20.2 Å². The number of halogens is 2. The number of hydrogen-bond acceptors (Lipinski definition) is 5. The zero-order valence-corrected chi connectivity index (χ0v) is 16.3. The molecule has 7 nitrogen and oxygen atoms in total. The van der Waals surface area contributed by atoms with Crippen LogP contribution in [0.3, 0.4) is 0 Å². The minimum Gasteiger partial charge on any atom is -0.472 e. The molecule has 0 saturated carbocycles. The highest BCUT2D eigenvalue weighted by molar-refractivity contribution is 6.34. The third kappa shape index (κ3) is 2.58. The Labute approximate surface area is 175 Å². The van der Waals surface area contributed by atoms with Gasteiger partial charge in [-0.15, -0.1) is 6.42 Å². The molecule has 9 heteroatoms. The van der Waals surface area contributed by atoms with Gasteiger partial charge in [0.25, 0.3) is 17.7 Å². The predicted octanol–water partition coefficient (Wildman–Crippen LogP) is 1.81. The second-order valence-corrected chi connectivity index (χ2v) is 7.77. The summed E-state index contributed by atoms with van der Waals surface area (Å²) in [7, 11) is 1.82. The fraction of sp³-hybridized carbons (Fsp3) is 0.227. The van der Waals surface area contributed by atoms with Gasteiger partial charge in [-0.1, -0.05) is 5.92 Å². The van der Waals surface area contributed by atoms with Crippen molar-refractivity contribution in [1.29, 1.82) is 0 Å². The number of anilines is 2. The Morgan fingerprint density at radius 2 is 1.77 bits per heavy atom. The van der Waals surface area contributed by atoms with Crippen molar-refractivity contribution in [2.45, 2.75) is 5.60 Å². The smallest absolute Gasteiger partial charge is 0.274 e. The predicted molar refractivity (Wildman–Crippen MR) is 106 cm³/mol. The summed E-state index contributed by atoms with van der Waals surface area (Å²) in [6.07, 6.45) is 5.44. The number of terminal acetylenes is 1. The van der Waals surface area contributed by atoms with Crippen LogP contribution in [0, 0.1) is 24.0 Å². The number of fused-ring (bicyclic) bond motifs is 2. The van der Waals surface area contributed by atoms with E-state index < -0.39 is 29.0 Å². The average molecular weight is 423 g/mol. The first-order valence-corrected chi connectivity index (χ1v) is 9.40. The minimum absolute atomic E-state index is 0.0345. The summed E-state index contributed by atoms with van der Waals surface area (Å²) >= 11 is 0. The van der Waals surface area contributed by atoms with E-state index in [4.69, 9.17) is 11.2 Å². The van der Waals surface area contributed by atoms with Crippen molar-refractivity contribution in [3.8, 4) is 18.1 Å². The van der Waals surface area contributed by atoms with E-state index in [1.54, 1.807) is 0 Å². The first-order chi connectivity index (χ1) is 14.8. The van der Waals surface area contributed by atoms with E-state index in [9.17, 15) is 18.8 Å². The van der Waals surface area contributed by atoms with Crippen molar-refractivity contribution in [2.75, 3.05) is 36.5 Å². The molecule has 0 radical (unpaired) electrons. The number of nitrogens with zero attached hydrogens (tertiary/aromatic N) is 3. The lowest BCUT2D eigenvalue weighted by molar-refractivity contribution is -0.150. The molecule has 1 saturated heterocycles. The van der Waals surface area contributed by atoms with Crippen molar-refractivity contribution in [1.82, 2.24) is 4.90 Å². The Balaban J connectivity index is 1.61. The molecule has 2 aromatic carbocycles. The molecule has 0 N–H and O–H groups in total. The Bertz CT molecular complexity index is 1230. The van der Waals surface area contributed by atoms with Crippen LogP contribution < -0.4 is 14.5 Å². The number of likely N-dealkylation sites (tertiary alicyclic amines) is 1. The van der Waals surface area contributed by atoms with E-state index in [0.29, 0.717) is 18.0 Å². The second kappa shape index (κ2) is 6.36. The summed E-state index contributed by atoms with van der Waals surface area (Å²) in [5, 5.41) is 0. The van der Waals surface area contributed by atoms with Crippen molar-refractivity contribution in [3.63, 3.8) is 0 Å². The highest BCUT2D eigenvalue weighted by Gasteiger charge is 2.55.